The molecule has 0 aromatic carbocycles. The number of nitriles is 1. The van der Waals surface area contributed by atoms with E-state index in [9.17, 15) is 10.1 Å². The van der Waals surface area contributed by atoms with Gasteiger partial charge in [-0.15, -0.1) is 0 Å². The van der Waals surface area contributed by atoms with Gasteiger partial charge in [0.2, 0.25) is 0 Å². The highest BCUT2D eigenvalue weighted by Crippen LogP contribution is 2.34. The van der Waals surface area contributed by atoms with Crippen molar-refractivity contribution in [2.24, 2.45) is 0 Å². The van der Waals surface area contributed by atoms with Crippen LogP contribution < -0.4 is 5.32 Å². The number of aryl methyl sites for hydroxylation is 1. The van der Waals surface area contributed by atoms with Crippen molar-refractivity contribution in [2.75, 3.05) is 39.5 Å². The second kappa shape index (κ2) is 10.9. The van der Waals surface area contributed by atoms with Crippen LogP contribution in [0, 0.1) is 25.2 Å². The van der Waals surface area contributed by atoms with Gasteiger partial charge < -0.3 is 19.4 Å². The molecule has 2 saturated heterocycles. The summed E-state index contributed by atoms with van der Waals surface area (Å²) in [6.45, 7) is 9.69. The second-order valence-electron chi connectivity index (χ2n) is 9.81. The third-order valence-electron chi connectivity index (χ3n) is 7.73. The molecule has 1 aromatic heterocycles. The van der Waals surface area contributed by atoms with Gasteiger partial charge in [0.25, 0.3) is 5.91 Å². The van der Waals surface area contributed by atoms with Crippen LogP contribution >= 0.6 is 0 Å². The summed E-state index contributed by atoms with van der Waals surface area (Å²) in [5.74, 6) is -0.278. The summed E-state index contributed by atoms with van der Waals surface area (Å²) in [6.07, 6.45) is 9.98. The van der Waals surface area contributed by atoms with Crippen molar-refractivity contribution in [3.05, 3.63) is 28.6 Å². The van der Waals surface area contributed by atoms with Gasteiger partial charge >= 0.3 is 0 Å². The van der Waals surface area contributed by atoms with E-state index in [0.29, 0.717) is 6.54 Å². The fourth-order valence-electron chi connectivity index (χ4n) is 5.74. The quantitative estimate of drug-likeness (QED) is 0.505. The molecule has 7 heteroatoms. The van der Waals surface area contributed by atoms with E-state index in [1.807, 2.05) is 0 Å². The first-order valence-electron chi connectivity index (χ1n) is 12.5. The summed E-state index contributed by atoms with van der Waals surface area (Å²) in [4.78, 5) is 15.6. The molecular weight excluding hydrogens is 416 g/mol. The van der Waals surface area contributed by atoms with E-state index in [0.717, 1.165) is 82.1 Å². The summed E-state index contributed by atoms with van der Waals surface area (Å²) in [5.41, 5.74) is 3.27. The number of rotatable bonds is 7. The molecule has 3 aliphatic rings. The zero-order valence-corrected chi connectivity index (χ0v) is 20.2. The Morgan fingerprint density at radius 1 is 1.21 bits per heavy atom. The highest BCUT2D eigenvalue weighted by molar-refractivity contribution is 6.01. The van der Waals surface area contributed by atoms with Gasteiger partial charge in [0.1, 0.15) is 11.6 Å². The number of morpholine rings is 1. The topological polar surface area (TPSA) is 79.5 Å². The van der Waals surface area contributed by atoms with Crippen LogP contribution in [-0.2, 0) is 20.8 Å². The molecule has 0 radical (unpaired) electrons. The second-order valence-corrected chi connectivity index (χ2v) is 9.81. The minimum Gasteiger partial charge on any atom is -0.379 e. The van der Waals surface area contributed by atoms with Gasteiger partial charge in [0.15, 0.2) is 0 Å². The van der Waals surface area contributed by atoms with Crippen molar-refractivity contribution in [2.45, 2.75) is 77.0 Å². The van der Waals surface area contributed by atoms with Gasteiger partial charge in [-0.2, -0.15) is 5.26 Å². The summed E-state index contributed by atoms with van der Waals surface area (Å²) in [5, 5.41) is 12.9. The molecule has 1 unspecified atom stereocenters. The third-order valence-corrected chi connectivity index (χ3v) is 7.73. The number of hydrogen-bond acceptors (Lipinski definition) is 5. The number of hydrogen-bond donors (Lipinski definition) is 1. The van der Waals surface area contributed by atoms with Crippen LogP contribution in [0.25, 0.3) is 6.08 Å². The van der Waals surface area contributed by atoms with Crippen molar-refractivity contribution in [1.82, 2.24) is 14.8 Å². The van der Waals surface area contributed by atoms with E-state index < -0.39 is 0 Å². The van der Waals surface area contributed by atoms with Gasteiger partial charge in [0, 0.05) is 49.7 Å². The molecule has 0 bridgehead atoms. The largest absolute Gasteiger partial charge is 0.379 e. The third kappa shape index (κ3) is 5.51. The zero-order chi connectivity index (χ0) is 23.3. The van der Waals surface area contributed by atoms with E-state index >= 15 is 0 Å². The zero-order valence-electron chi connectivity index (χ0n) is 20.2. The van der Waals surface area contributed by atoms with E-state index in [-0.39, 0.29) is 23.1 Å². The SMILES string of the molecule is Cc1cc(/C=C(\C#N)C(=O)NCC2(N3CCOCC3)CCCCC2)c(C)n1CC1CCCO1. The van der Waals surface area contributed by atoms with E-state index in [2.05, 4.69) is 40.8 Å². The Morgan fingerprint density at radius 2 is 1.97 bits per heavy atom. The summed E-state index contributed by atoms with van der Waals surface area (Å²) in [6, 6.07) is 4.20. The average Bonchev–Trinajstić information content (AvgIpc) is 3.46. The maximum Gasteiger partial charge on any atom is 0.262 e. The van der Waals surface area contributed by atoms with Gasteiger partial charge in [-0.3, -0.25) is 9.69 Å². The van der Waals surface area contributed by atoms with Gasteiger partial charge in [-0.1, -0.05) is 19.3 Å². The fourth-order valence-corrected chi connectivity index (χ4v) is 5.74. The maximum atomic E-state index is 13.1. The fraction of sp³-hybridized carbons (Fsp3) is 0.692. The normalized spacial score (nSPS) is 23.9. The molecule has 0 spiro atoms. The van der Waals surface area contributed by atoms with Crippen LogP contribution in [0.1, 0.15) is 61.9 Å². The van der Waals surface area contributed by atoms with Crippen molar-refractivity contribution in [3.8, 4) is 6.07 Å². The molecule has 1 amide bonds. The molecule has 1 aromatic rings. The molecule has 180 valence electrons. The minimum absolute atomic E-state index is 0.0185. The van der Waals surface area contributed by atoms with Crippen LogP contribution in [0.2, 0.25) is 0 Å². The molecule has 1 atom stereocenters. The lowest BCUT2D eigenvalue weighted by Gasteiger charge is -2.48. The van der Waals surface area contributed by atoms with E-state index in [1.54, 1.807) is 6.08 Å². The van der Waals surface area contributed by atoms with Crippen LogP contribution in [0.3, 0.4) is 0 Å². The predicted molar refractivity (Wildman–Crippen MR) is 128 cm³/mol. The number of carbonyl (C=O) groups excluding carboxylic acids is 1. The van der Waals surface area contributed by atoms with Crippen molar-refractivity contribution >= 4 is 12.0 Å². The van der Waals surface area contributed by atoms with Gasteiger partial charge in [-0.25, -0.2) is 0 Å². The van der Waals surface area contributed by atoms with E-state index in [4.69, 9.17) is 9.47 Å². The van der Waals surface area contributed by atoms with Crippen LogP contribution in [-0.4, -0.2) is 66.5 Å². The Labute approximate surface area is 197 Å². The first kappa shape index (κ1) is 24.0. The number of ether oxygens (including phenoxy) is 2. The first-order valence-corrected chi connectivity index (χ1v) is 12.5. The molecule has 3 heterocycles. The Kier molecular flexibility index (Phi) is 7.90. The molecule has 4 rings (SSSR count). The monoisotopic (exact) mass is 454 g/mol. The Balaban J connectivity index is 1.46. The first-order chi connectivity index (χ1) is 16.0. The molecule has 33 heavy (non-hydrogen) atoms. The van der Waals surface area contributed by atoms with Crippen molar-refractivity contribution in [3.63, 3.8) is 0 Å². The predicted octanol–water partition coefficient (Wildman–Crippen LogP) is 3.34. The van der Waals surface area contributed by atoms with Crippen LogP contribution in [0.15, 0.2) is 11.6 Å². The Morgan fingerprint density at radius 3 is 2.64 bits per heavy atom. The van der Waals surface area contributed by atoms with Gasteiger partial charge in [0.05, 0.1) is 19.3 Å². The summed E-state index contributed by atoms with van der Waals surface area (Å²) in [7, 11) is 0. The Hall–Kier alpha value is -2.14. The number of amides is 1. The highest BCUT2D eigenvalue weighted by atomic mass is 16.5. The van der Waals surface area contributed by atoms with Crippen LogP contribution in [0.4, 0.5) is 0 Å². The minimum atomic E-state index is -0.278. The lowest BCUT2D eigenvalue weighted by Crippen LogP contribution is -2.59. The standard InChI is InChI=1S/C26H38N4O3/c1-20-15-22(21(2)30(20)18-24-7-6-12-33-24)16-23(17-27)25(31)28-19-26(8-4-3-5-9-26)29-10-13-32-14-11-29/h15-16,24H,3-14,18-19H2,1-2H3,(H,28,31)/b23-16+. The number of nitrogens with zero attached hydrogens (tertiary/aromatic N) is 3. The van der Waals surface area contributed by atoms with Crippen molar-refractivity contribution in [1.29, 1.82) is 5.26 Å². The van der Waals surface area contributed by atoms with Crippen molar-refractivity contribution < 1.29 is 14.3 Å². The molecule has 2 aliphatic heterocycles. The molecular formula is C26H38N4O3. The highest BCUT2D eigenvalue weighted by Gasteiger charge is 2.39. The number of aromatic nitrogens is 1. The average molecular weight is 455 g/mol. The molecule has 7 nitrogen and oxygen atoms in total. The molecule has 1 aliphatic carbocycles. The lowest BCUT2D eigenvalue weighted by molar-refractivity contribution is -0.118. The van der Waals surface area contributed by atoms with Gasteiger partial charge in [-0.05, 0) is 57.2 Å². The maximum absolute atomic E-state index is 13.1. The molecule has 1 saturated carbocycles. The summed E-state index contributed by atoms with van der Waals surface area (Å²) < 4.78 is 13.6. The Bertz CT molecular complexity index is 895. The smallest absolute Gasteiger partial charge is 0.262 e. The van der Waals surface area contributed by atoms with E-state index in [1.165, 1.54) is 19.3 Å². The number of nitrogens with one attached hydrogen (secondary N) is 1. The molecule has 3 fully saturated rings. The summed E-state index contributed by atoms with van der Waals surface area (Å²) >= 11 is 0. The number of carbonyl (C=O) groups is 1. The lowest BCUT2D eigenvalue weighted by atomic mass is 9.79. The molecule has 1 N–H and O–H groups in total. The van der Waals surface area contributed by atoms with Crippen LogP contribution in [0.5, 0.6) is 0 Å².